The molecule has 198 valence electrons. The van der Waals surface area contributed by atoms with Crippen molar-refractivity contribution in [3.63, 3.8) is 0 Å². The number of aliphatic imine (C=N–C) groups is 1. The first-order chi connectivity index (χ1) is 18.3. The lowest BCUT2D eigenvalue weighted by Crippen LogP contribution is -2.47. The number of amidine groups is 1. The third-order valence-corrected chi connectivity index (χ3v) is 8.23. The normalized spacial score (nSPS) is 19.7. The number of amides is 1. The molecule has 38 heavy (non-hydrogen) atoms. The van der Waals surface area contributed by atoms with E-state index in [0.717, 1.165) is 59.3 Å². The molecule has 0 radical (unpaired) electrons. The standard InChI is InChI=1S/C30H34N4O3S/c1-20-10-11-25(21(2)16-20)28-27(29(36)37-18-23-8-6-5-7-9-23)22(3)31-30-34(28)24(19-38-30)17-26(35)33-14-12-32(4)13-15-33/h5-11,16,19,28H,12-15,17-18H2,1-4H3/t28-/m0/s1. The Morgan fingerprint density at radius 1 is 1.03 bits per heavy atom. The largest absolute Gasteiger partial charge is 0.457 e. The highest BCUT2D eigenvalue weighted by molar-refractivity contribution is 8.16. The maximum atomic E-state index is 13.7. The molecular weight excluding hydrogens is 496 g/mol. The molecule has 5 rings (SSSR count). The Hall–Kier alpha value is -3.36. The monoisotopic (exact) mass is 530 g/mol. The first-order valence-corrected chi connectivity index (χ1v) is 13.9. The Morgan fingerprint density at radius 2 is 1.76 bits per heavy atom. The Labute approximate surface area is 228 Å². The van der Waals surface area contributed by atoms with E-state index in [1.54, 1.807) is 0 Å². The van der Waals surface area contributed by atoms with Gasteiger partial charge in [0.15, 0.2) is 5.17 Å². The summed E-state index contributed by atoms with van der Waals surface area (Å²) < 4.78 is 5.82. The third-order valence-electron chi connectivity index (χ3n) is 7.34. The van der Waals surface area contributed by atoms with Gasteiger partial charge in [-0.1, -0.05) is 65.9 Å². The van der Waals surface area contributed by atoms with Gasteiger partial charge < -0.3 is 19.4 Å². The minimum absolute atomic E-state index is 0.102. The zero-order valence-corrected chi connectivity index (χ0v) is 23.3. The van der Waals surface area contributed by atoms with E-state index < -0.39 is 6.04 Å². The fraction of sp³-hybridized carbons (Fsp3) is 0.367. The van der Waals surface area contributed by atoms with Crippen molar-refractivity contribution < 1.29 is 14.3 Å². The number of rotatable bonds is 6. The zero-order valence-electron chi connectivity index (χ0n) is 22.4. The van der Waals surface area contributed by atoms with Crippen LogP contribution in [0.1, 0.15) is 41.6 Å². The van der Waals surface area contributed by atoms with Crippen LogP contribution < -0.4 is 0 Å². The van der Waals surface area contributed by atoms with Crippen molar-refractivity contribution in [2.45, 2.75) is 39.8 Å². The van der Waals surface area contributed by atoms with Gasteiger partial charge in [-0.25, -0.2) is 9.79 Å². The average Bonchev–Trinajstić information content (AvgIpc) is 3.29. The molecule has 0 spiro atoms. The predicted molar refractivity (Wildman–Crippen MR) is 151 cm³/mol. The number of fused-ring (bicyclic) bond motifs is 1. The highest BCUT2D eigenvalue weighted by Crippen LogP contribution is 2.45. The van der Waals surface area contributed by atoms with Gasteiger partial charge in [0.1, 0.15) is 6.61 Å². The molecule has 7 nitrogen and oxygen atoms in total. The van der Waals surface area contributed by atoms with E-state index in [9.17, 15) is 9.59 Å². The summed E-state index contributed by atoms with van der Waals surface area (Å²) >= 11 is 1.51. The Balaban J connectivity index is 1.46. The van der Waals surface area contributed by atoms with E-state index in [4.69, 9.17) is 9.73 Å². The molecule has 0 aromatic heterocycles. The first kappa shape index (κ1) is 26.3. The van der Waals surface area contributed by atoms with E-state index in [2.05, 4.69) is 48.9 Å². The molecular formula is C30H34N4O3S. The van der Waals surface area contributed by atoms with Crippen molar-refractivity contribution in [1.82, 2.24) is 14.7 Å². The molecule has 8 heteroatoms. The minimum Gasteiger partial charge on any atom is -0.457 e. The molecule has 0 aliphatic carbocycles. The Bertz CT molecular complexity index is 1330. The van der Waals surface area contributed by atoms with Crippen molar-refractivity contribution in [2.75, 3.05) is 33.2 Å². The van der Waals surface area contributed by atoms with Gasteiger partial charge in [-0.3, -0.25) is 4.79 Å². The van der Waals surface area contributed by atoms with E-state index in [1.807, 2.05) is 47.6 Å². The molecule has 3 aliphatic heterocycles. The summed E-state index contributed by atoms with van der Waals surface area (Å²) in [5.74, 6) is -0.286. The van der Waals surface area contributed by atoms with Crippen molar-refractivity contribution in [3.8, 4) is 0 Å². The number of piperazine rings is 1. The van der Waals surface area contributed by atoms with Crippen LogP contribution in [0.25, 0.3) is 0 Å². The van der Waals surface area contributed by atoms with Crippen LogP contribution in [0.15, 0.2) is 75.9 Å². The second-order valence-electron chi connectivity index (χ2n) is 10.2. The number of ether oxygens (including phenoxy) is 1. The number of thioether (sulfide) groups is 1. The summed E-state index contributed by atoms with van der Waals surface area (Å²) in [6, 6.07) is 15.5. The molecule has 0 N–H and O–H groups in total. The maximum Gasteiger partial charge on any atom is 0.338 e. The SMILES string of the molecule is CC1=C(C(=O)OCc2ccccc2)[C@H](c2ccc(C)cc2C)N2C(CC(=O)N3CCN(C)CC3)=CSC2=N1. The Morgan fingerprint density at radius 3 is 2.47 bits per heavy atom. The number of carbonyl (C=O) groups excluding carboxylic acids is 2. The average molecular weight is 531 g/mol. The number of aryl methyl sites for hydroxylation is 2. The van der Waals surface area contributed by atoms with Crippen LogP contribution in [0.4, 0.5) is 0 Å². The van der Waals surface area contributed by atoms with Crippen LogP contribution in [0.3, 0.4) is 0 Å². The van der Waals surface area contributed by atoms with Crippen LogP contribution in [-0.4, -0.2) is 65.0 Å². The molecule has 1 fully saturated rings. The van der Waals surface area contributed by atoms with Crippen LogP contribution in [0.5, 0.6) is 0 Å². The van der Waals surface area contributed by atoms with Gasteiger partial charge in [-0.15, -0.1) is 0 Å². The molecule has 3 heterocycles. The highest BCUT2D eigenvalue weighted by atomic mass is 32.2. The number of benzene rings is 2. The van der Waals surface area contributed by atoms with Gasteiger partial charge in [-0.05, 0) is 49.9 Å². The first-order valence-electron chi connectivity index (χ1n) is 13.0. The summed E-state index contributed by atoms with van der Waals surface area (Å²) in [5, 5.41) is 2.79. The molecule has 2 aromatic carbocycles. The summed E-state index contributed by atoms with van der Waals surface area (Å²) in [4.78, 5) is 38.0. The number of allylic oxidation sites excluding steroid dienone is 1. The molecule has 0 saturated carbocycles. The third kappa shape index (κ3) is 5.42. The van der Waals surface area contributed by atoms with Gasteiger partial charge in [0, 0.05) is 31.9 Å². The van der Waals surface area contributed by atoms with Gasteiger partial charge in [0.05, 0.1) is 23.7 Å². The molecule has 1 amide bonds. The molecule has 0 unspecified atom stereocenters. The highest BCUT2D eigenvalue weighted by Gasteiger charge is 2.42. The van der Waals surface area contributed by atoms with E-state index in [-0.39, 0.29) is 24.9 Å². The van der Waals surface area contributed by atoms with Crippen LogP contribution in [0.2, 0.25) is 0 Å². The number of esters is 1. The maximum absolute atomic E-state index is 13.7. The fourth-order valence-electron chi connectivity index (χ4n) is 5.18. The molecule has 1 saturated heterocycles. The second-order valence-corrected chi connectivity index (χ2v) is 11.0. The van der Waals surface area contributed by atoms with Crippen molar-refractivity contribution in [1.29, 1.82) is 0 Å². The molecule has 2 aromatic rings. The number of likely N-dealkylation sites (N-methyl/N-ethyl adjacent to an activating group) is 1. The second kappa shape index (κ2) is 11.2. The topological polar surface area (TPSA) is 65.5 Å². The summed E-state index contributed by atoms with van der Waals surface area (Å²) in [6.07, 6.45) is 0.266. The van der Waals surface area contributed by atoms with Crippen LogP contribution in [-0.2, 0) is 20.9 Å². The number of carbonyl (C=O) groups is 2. The number of hydrogen-bond acceptors (Lipinski definition) is 7. The van der Waals surface area contributed by atoms with Gasteiger partial charge in [-0.2, -0.15) is 0 Å². The van der Waals surface area contributed by atoms with Crippen LogP contribution in [0, 0.1) is 13.8 Å². The summed E-state index contributed by atoms with van der Waals surface area (Å²) in [5.41, 5.74) is 6.19. The predicted octanol–water partition coefficient (Wildman–Crippen LogP) is 4.79. The van der Waals surface area contributed by atoms with Crippen LogP contribution >= 0.6 is 11.8 Å². The van der Waals surface area contributed by atoms with Gasteiger partial charge >= 0.3 is 5.97 Å². The van der Waals surface area contributed by atoms with E-state index >= 15 is 0 Å². The van der Waals surface area contributed by atoms with E-state index in [0.29, 0.717) is 11.3 Å². The van der Waals surface area contributed by atoms with Gasteiger partial charge in [0.25, 0.3) is 0 Å². The Kier molecular flexibility index (Phi) is 7.72. The number of nitrogens with zero attached hydrogens (tertiary/aromatic N) is 4. The smallest absolute Gasteiger partial charge is 0.338 e. The van der Waals surface area contributed by atoms with Crippen molar-refractivity contribution >= 4 is 28.8 Å². The van der Waals surface area contributed by atoms with E-state index in [1.165, 1.54) is 11.8 Å². The quantitative estimate of drug-likeness (QED) is 0.501. The van der Waals surface area contributed by atoms with Crippen molar-refractivity contribution in [3.05, 3.63) is 93.2 Å². The minimum atomic E-state index is -0.423. The molecule has 3 aliphatic rings. The summed E-state index contributed by atoms with van der Waals surface area (Å²) in [7, 11) is 2.08. The number of hydrogen-bond donors (Lipinski definition) is 0. The fourth-order valence-corrected chi connectivity index (χ4v) is 6.15. The lowest BCUT2D eigenvalue weighted by atomic mass is 9.90. The summed E-state index contributed by atoms with van der Waals surface area (Å²) in [6.45, 7) is 9.39. The van der Waals surface area contributed by atoms with Crippen molar-refractivity contribution in [2.24, 2.45) is 4.99 Å². The van der Waals surface area contributed by atoms with Gasteiger partial charge in [0.2, 0.25) is 5.91 Å². The lowest BCUT2D eigenvalue weighted by molar-refractivity contribution is -0.141. The molecule has 0 bridgehead atoms. The molecule has 1 atom stereocenters. The lowest BCUT2D eigenvalue weighted by Gasteiger charge is -2.38. The zero-order chi connectivity index (χ0) is 26.8.